The number of nitrogens with zero attached hydrogens (tertiary/aromatic N) is 2. The second-order valence-corrected chi connectivity index (χ2v) is 6.97. The van der Waals surface area contributed by atoms with Crippen molar-refractivity contribution in [2.45, 2.75) is 18.2 Å². The van der Waals surface area contributed by atoms with Crippen molar-refractivity contribution in [2.75, 3.05) is 12.3 Å². The molecule has 1 amide bonds. The van der Waals surface area contributed by atoms with Gasteiger partial charge in [-0.25, -0.2) is 0 Å². The van der Waals surface area contributed by atoms with Crippen LogP contribution in [-0.2, 0) is 21.2 Å². The molecule has 0 spiro atoms. The summed E-state index contributed by atoms with van der Waals surface area (Å²) in [5.41, 5.74) is 1.06. The van der Waals surface area contributed by atoms with E-state index in [4.69, 9.17) is 0 Å². The molecule has 1 fully saturated rings. The van der Waals surface area contributed by atoms with Crippen LogP contribution in [0.25, 0.3) is 0 Å². The van der Waals surface area contributed by atoms with Gasteiger partial charge in [-0.2, -0.15) is 8.42 Å². The first-order chi connectivity index (χ1) is 9.97. The van der Waals surface area contributed by atoms with Crippen molar-refractivity contribution >= 4 is 32.9 Å². The molecule has 112 valence electrons. The van der Waals surface area contributed by atoms with Crippen molar-refractivity contribution in [1.82, 2.24) is 4.90 Å². The molecule has 0 atom stereocenters. The summed E-state index contributed by atoms with van der Waals surface area (Å²) in [6, 6.07) is 6.61. The summed E-state index contributed by atoms with van der Waals surface area (Å²) in [7, 11) is -3.80. The number of benzene rings is 1. The van der Waals surface area contributed by atoms with Crippen molar-refractivity contribution in [3.05, 3.63) is 42.5 Å². The van der Waals surface area contributed by atoms with Crippen LogP contribution < -0.4 is 0 Å². The average molecular weight is 324 g/mol. The van der Waals surface area contributed by atoms with Crippen LogP contribution in [0, 0.1) is 0 Å². The van der Waals surface area contributed by atoms with Crippen LogP contribution in [0.5, 0.6) is 0 Å². The maximum absolute atomic E-state index is 12.3. The zero-order chi connectivity index (χ0) is 15.5. The molecule has 0 aromatic heterocycles. The number of amides is 1. The van der Waals surface area contributed by atoms with Gasteiger partial charge in [0.05, 0.1) is 10.6 Å². The topological polar surface area (TPSA) is 66.8 Å². The Morgan fingerprint density at radius 2 is 2.05 bits per heavy atom. The number of hydrogen-bond acceptors (Lipinski definition) is 4. The molecule has 0 saturated carbocycles. The quantitative estimate of drug-likeness (QED) is 0.778. The number of rotatable bonds is 5. The molecule has 5 nitrogen and oxygen atoms in total. The van der Waals surface area contributed by atoms with Crippen molar-refractivity contribution in [3.63, 3.8) is 0 Å². The number of amidine groups is 1. The van der Waals surface area contributed by atoms with E-state index in [1.54, 1.807) is 18.2 Å². The Balaban J connectivity index is 2.32. The van der Waals surface area contributed by atoms with E-state index in [-0.39, 0.29) is 28.3 Å². The molecule has 0 unspecified atom stereocenters. The molecule has 21 heavy (non-hydrogen) atoms. The smallest absolute Gasteiger partial charge is 0.284 e. The van der Waals surface area contributed by atoms with Crippen LogP contribution in [0.2, 0.25) is 0 Å². The number of carbonyl (C=O) groups is 1. The summed E-state index contributed by atoms with van der Waals surface area (Å²) in [4.78, 5) is 13.1. The summed E-state index contributed by atoms with van der Waals surface area (Å²) in [5, 5.41) is 0.208. The summed E-state index contributed by atoms with van der Waals surface area (Å²) in [5.74, 6) is 0.0481. The third-order valence-corrected chi connectivity index (χ3v) is 5.35. The fourth-order valence-electron chi connectivity index (χ4n) is 1.83. The SMILES string of the molecule is C=CCN1C(=O)CS/C1=N/S(=O)(=O)c1ccc(CC)cc1. The highest BCUT2D eigenvalue weighted by atomic mass is 32.2. The molecule has 0 aliphatic carbocycles. The average Bonchev–Trinajstić information content (AvgIpc) is 2.80. The lowest BCUT2D eigenvalue weighted by atomic mass is 10.2. The van der Waals surface area contributed by atoms with Crippen molar-refractivity contribution in [3.8, 4) is 0 Å². The van der Waals surface area contributed by atoms with Crippen molar-refractivity contribution in [2.24, 2.45) is 4.40 Å². The van der Waals surface area contributed by atoms with Gasteiger partial charge in [0.25, 0.3) is 10.0 Å². The summed E-state index contributed by atoms with van der Waals surface area (Å²) >= 11 is 1.13. The molecular weight excluding hydrogens is 308 g/mol. The molecule has 7 heteroatoms. The minimum absolute atomic E-state index is 0.130. The number of thioether (sulfide) groups is 1. The molecular formula is C14H16N2O3S2. The molecule has 0 bridgehead atoms. The molecule has 2 rings (SSSR count). The van der Waals surface area contributed by atoms with Gasteiger partial charge in [-0.3, -0.25) is 9.69 Å². The lowest BCUT2D eigenvalue weighted by Crippen LogP contribution is -2.30. The Bertz CT molecular complexity index is 679. The third kappa shape index (κ3) is 3.54. The summed E-state index contributed by atoms with van der Waals surface area (Å²) in [6.45, 7) is 5.82. The maximum Gasteiger partial charge on any atom is 0.284 e. The van der Waals surface area contributed by atoms with Crippen LogP contribution in [-0.4, -0.2) is 36.7 Å². The fraction of sp³-hybridized carbons (Fsp3) is 0.286. The highest BCUT2D eigenvalue weighted by Crippen LogP contribution is 2.23. The molecule has 1 aliphatic rings. The van der Waals surface area contributed by atoms with E-state index in [0.717, 1.165) is 23.7 Å². The van der Waals surface area contributed by atoms with Crippen LogP contribution in [0.1, 0.15) is 12.5 Å². The van der Waals surface area contributed by atoms with Gasteiger partial charge in [-0.15, -0.1) is 11.0 Å². The molecule has 1 heterocycles. The zero-order valence-electron chi connectivity index (χ0n) is 11.7. The first-order valence-corrected chi connectivity index (χ1v) is 8.88. The standard InChI is InChI=1S/C14H16N2O3S2/c1-3-9-16-13(17)10-20-14(16)15-21(18,19)12-7-5-11(4-2)6-8-12/h3,5-8H,1,4,9-10H2,2H3/b15-14+. The van der Waals surface area contributed by atoms with Gasteiger partial charge in [0.2, 0.25) is 5.91 Å². The minimum Gasteiger partial charge on any atom is -0.286 e. The van der Waals surface area contributed by atoms with E-state index in [9.17, 15) is 13.2 Å². The second kappa shape index (κ2) is 6.44. The van der Waals surface area contributed by atoms with Crippen LogP contribution >= 0.6 is 11.8 Å². The number of carbonyl (C=O) groups excluding carboxylic acids is 1. The van der Waals surface area contributed by atoms with E-state index in [1.165, 1.54) is 17.0 Å². The monoisotopic (exact) mass is 324 g/mol. The molecule has 1 aromatic rings. The van der Waals surface area contributed by atoms with Gasteiger partial charge in [-0.05, 0) is 24.1 Å². The first kappa shape index (κ1) is 15.8. The Kier molecular flexibility index (Phi) is 4.84. The van der Waals surface area contributed by atoms with Crippen molar-refractivity contribution < 1.29 is 13.2 Å². The third-order valence-electron chi connectivity index (χ3n) is 3.00. The van der Waals surface area contributed by atoms with Gasteiger partial charge in [0.15, 0.2) is 5.17 Å². The minimum atomic E-state index is -3.80. The van der Waals surface area contributed by atoms with E-state index < -0.39 is 10.0 Å². The second-order valence-electron chi connectivity index (χ2n) is 4.43. The molecule has 0 radical (unpaired) electrons. The van der Waals surface area contributed by atoms with Crippen LogP contribution in [0.4, 0.5) is 0 Å². The van der Waals surface area contributed by atoms with E-state index in [2.05, 4.69) is 11.0 Å². The van der Waals surface area contributed by atoms with Crippen LogP contribution in [0.3, 0.4) is 0 Å². The van der Waals surface area contributed by atoms with E-state index in [1.807, 2.05) is 6.92 Å². The Labute approximate surface area is 128 Å². The maximum atomic E-state index is 12.3. The summed E-state index contributed by atoms with van der Waals surface area (Å²) < 4.78 is 28.4. The lowest BCUT2D eigenvalue weighted by molar-refractivity contribution is -0.123. The molecule has 1 aromatic carbocycles. The fourth-order valence-corrected chi connectivity index (χ4v) is 3.96. The van der Waals surface area contributed by atoms with Gasteiger partial charge < -0.3 is 0 Å². The number of hydrogen-bond donors (Lipinski definition) is 0. The first-order valence-electron chi connectivity index (χ1n) is 6.46. The highest BCUT2D eigenvalue weighted by Gasteiger charge is 2.29. The number of aryl methyl sites for hydroxylation is 1. The largest absolute Gasteiger partial charge is 0.286 e. The zero-order valence-corrected chi connectivity index (χ0v) is 13.3. The summed E-state index contributed by atoms with van der Waals surface area (Å²) in [6.07, 6.45) is 2.38. The molecule has 1 aliphatic heterocycles. The van der Waals surface area contributed by atoms with Crippen molar-refractivity contribution in [1.29, 1.82) is 0 Å². The van der Waals surface area contributed by atoms with E-state index >= 15 is 0 Å². The predicted molar refractivity (Wildman–Crippen MR) is 84.8 cm³/mol. The normalized spacial score (nSPS) is 17.5. The van der Waals surface area contributed by atoms with Gasteiger partial charge in [0, 0.05) is 6.54 Å². The molecule has 0 N–H and O–H groups in total. The number of sulfonamides is 1. The van der Waals surface area contributed by atoms with Gasteiger partial charge in [0.1, 0.15) is 0 Å². The highest BCUT2D eigenvalue weighted by molar-refractivity contribution is 8.15. The predicted octanol–water partition coefficient (Wildman–Crippen LogP) is 2.06. The Morgan fingerprint density at radius 3 is 2.62 bits per heavy atom. The molecule has 1 saturated heterocycles. The van der Waals surface area contributed by atoms with E-state index in [0.29, 0.717) is 0 Å². The van der Waals surface area contributed by atoms with Gasteiger partial charge in [-0.1, -0.05) is 36.9 Å². The van der Waals surface area contributed by atoms with Gasteiger partial charge >= 0.3 is 0 Å². The Morgan fingerprint density at radius 1 is 1.38 bits per heavy atom. The van der Waals surface area contributed by atoms with Crippen LogP contribution in [0.15, 0.2) is 46.2 Å². The lowest BCUT2D eigenvalue weighted by Gasteiger charge is -2.12. The Hall–Kier alpha value is -1.60.